The molecule has 1 unspecified atom stereocenters. The second-order valence-electron chi connectivity index (χ2n) is 6.02. The number of para-hydroxylation sites is 2. The highest BCUT2D eigenvalue weighted by Gasteiger charge is 2.15. The molecule has 0 aliphatic heterocycles. The maximum absolute atomic E-state index is 11.6. The molecule has 4 N–H and O–H groups in total. The lowest BCUT2D eigenvalue weighted by atomic mass is 10.1. The molecule has 2 aromatic carbocycles. The molecule has 0 aliphatic rings. The Hall–Kier alpha value is -2.13. The van der Waals surface area contributed by atoms with E-state index in [2.05, 4.69) is 5.32 Å². The van der Waals surface area contributed by atoms with Crippen molar-refractivity contribution < 1.29 is 23.0 Å². The fourth-order valence-electron chi connectivity index (χ4n) is 2.56. The van der Waals surface area contributed by atoms with E-state index in [1.807, 2.05) is 31.2 Å². The summed E-state index contributed by atoms with van der Waals surface area (Å²) in [7, 11) is -3.82. The molecule has 0 aliphatic carbocycles. The molecule has 2 aromatic rings. The van der Waals surface area contributed by atoms with Crippen LogP contribution in [0.15, 0.2) is 47.4 Å². The van der Waals surface area contributed by atoms with Crippen LogP contribution in [0, 0.1) is 6.92 Å². The van der Waals surface area contributed by atoms with Crippen molar-refractivity contribution >= 4 is 10.0 Å². The average molecular weight is 394 g/mol. The van der Waals surface area contributed by atoms with E-state index in [0.717, 1.165) is 0 Å². The van der Waals surface area contributed by atoms with E-state index in [0.29, 0.717) is 42.4 Å². The lowest BCUT2D eigenvalue weighted by Gasteiger charge is -2.15. The average Bonchev–Trinajstić information content (AvgIpc) is 2.62. The van der Waals surface area contributed by atoms with Gasteiger partial charge in [-0.3, -0.25) is 0 Å². The molecule has 0 bridgehead atoms. The van der Waals surface area contributed by atoms with Crippen molar-refractivity contribution in [1.29, 1.82) is 0 Å². The van der Waals surface area contributed by atoms with Gasteiger partial charge in [0.05, 0.1) is 17.6 Å². The zero-order chi connectivity index (χ0) is 19.9. The van der Waals surface area contributed by atoms with Crippen LogP contribution in [0.4, 0.5) is 0 Å². The second-order valence-corrected chi connectivity index (χ2v) is 7.55. The van der Waals surface area contributed by atoms with Crippen molar-refractivity contribution in [3.63, 3.8) is 0 Å². The number of nitrogens with one attached hydrogen (secondary N) is 1. The summed E-state index contributed by atoms with van der Waals surface area (Å²) in [5.74, 6) is 1.35. The highest BCUT2D eigenvalue weighted by atomic mass is 32.2. The third kappa shape index (κ3) is 6.21. The normalized spacial score (nSPS) is 12.6. The highest BCUT2D eigenvalue weighted by molar-refractivity contribution is 7.89. The molecular weight excluding hydrogens is 368 g/mol. The maximum Gasteiger partial charge on any atom is 0.238 e. The zero-order valence-corrected chi connectivity index (χ0v) is 16.3. The number of nitrogens with two attached hydrogens (primary N) is 1. The Bertz CT molecular complexity index is 855. The predicted octanol–water partition coefficient (Wildman–Crippen LogP) is 1.74. The van der Waals surface area contributed by atoms with Gasteiger partial charge in [-0.1, -0.05) is 24.3 Å². The first-order valence-electron chi connectivity index (χ1n) is 8.69. The topological polar surface area (TPSA) is 111 Å². The van der Waals surface area contributed by atoms with Gasteiger partial charge in [-0.2, -0.15) is 0 Å². The van der Waals surface area contributed by atoms with Crippen molar-refractivity contribution in [3.05, 3.63) is 53.6 Å². The Morgan fingerprint density at radius 2 is 1.81 bits per heavy atom. The van der Waals surface area contributed by atoms with Crippen molar-refractivity contribution in [2.24, 2.45) is 5.14 Å². The number of sulfonamides is 1. The van der Waals surface area contributed by atoms with E-state index in [1.54, 1.807) is 19.1 Å². The fraction of sp³-hybridized carbons (Fsp3) is 0.368. The lowest BCUT2D eigenvalue weighted by Crippen LogP contribution is -2.26. The van der Waals surface area contributed by atoms with Crippen molar-refractivity contribution in [1.82, 2.24) is 5.32 Å². The molecule has 0 saturated heterocycles. The molecule has 0 aromatic heterocycles. The molecule has 8 heteroatoms. The summed E-state index contributed by atoms with van der Waals surface area (Å²) in [6, 6.07) is 12.2. The highest BCUT2D eigenvalue weighted by Crippen LogP contribution is 2.26. The molecule has 0 spiro atoms. The van der Waals surface area contributed by atoms with E-state index < -0.39 is 16.1 Å². The summed E-state index contributed by atoms with van der Waals surface area (Å²) >= 11 is 0. The number of aliphatic hydroxyl groups is 1. The number of benzene rings is 2. The molecule has 0 fully saturated rings. The minimum Gasteiger partial charge on any atom is -0.490 e. The Kier molecular flexibility index (Phi) is 7.61. The Labute approximate surface area is 160 Å². The van der Waals surface area contributed by atoms with E-state index in [1.165, 1.54) is 6.07 Å². The summed E-state index contributed by atoms with van der Waals surface area (Å²) in [5, 5.41) is 18.6. The van der Waals surface area contributed by atoms with Gasteiger partial charge in [-0.05, 0) is 43.2 Å². The van der Waals surface area contributed by atoms with Gasteiger partial charge in [0, 0.05) is 13.1 Å². The number of hydrogen-bond donors (Lipinski definition) is 3. The summed E-state index contributed by atoms with van der Waals surface area (Å²) in [5.41, 5.74) is 1.03. The quantitative estimate of drug-likeness (QED) is 0.530. The smallest absolute Gasteiger partial charge is 0.238 e. The molecule has 27 heavy (non-hydrogen) atoms. The monoisotopic (exact) mass is 394 g/mol. The lowest BCUT2D eigenvalue weighted by molar-refractivity contribution is 0.171. The van der Waals surface area contributed by atoms with E-state index in [4.69, 9.17) is 14.6 Å². The number of rotatable bonds is 10. The first-order valence-corrected chi connectivity index (χ1v) is 10.2. The molecular formula is C19H26N2O5S. The van der Waals surface area contributed by atoms with Crippen LogP contribution in [0.1, 0.15) is 24.2 Å². The van der Waals surface area contributed by atoms with Gasteiger partial charge in [0.25, 0.3) is 0 Å². The van der Waals surface area contributed by atoms with E-state index in [9.17, 15) is 13.5 Å². The van der Waals surface area contributed by atoms with E-state index in [-0.39, 0.29) is 11.4 Å². The van der Waals surface area contributed by atoms with Gasteiger partial charge >= 0.3 is 0 Å². The first kappa shape index (κ1) is 21.2. The maximum atomic E-state index is 11.6. The second kappa shape index (κ2) is 9.70. The molecule has 0 radical (unpaired) electrons. The number of aryl methyl sites for hydroxylation is 1. The van der Waals surface area contributed by atoms with Gasteiger partial charge < -0.3 is 19.9 Å². The van der Waals surface area contributed by atoms with Crippen LogP contribution >= 0.6 is 0 Å². The largest absolute Gasteiger partial charge is 0.490 e. The van der Waals surface area contributed by atoms with Gasteiger partial charge in [0.2, 0.25) is 10.0 Å². The molecule has 2 rings (SSSR count). The number of hydrogen-bond acceptors (Lipinski definition) is 6. The third-order valence-corrected chi connectivity index (χ3v) is 4.98. The van der Waals surface area contributed by atoms with Gasteiger partial charge in [0.1, 0.15) is 6.61 Å². The van der Waals surface area contributed by atoms with Crippen molar-refractivity contribution in [2.45, 2.75) is 24.8 Å². The number of primary sulfonamides is 1. The van der Waals surface area contributed by atoms with Crippen LogP contribution in [0.3, 0.4) is 0 Å². The summed E-state index contributed by atoms with van der Waals surface area (Å²) in [6.07, 6.45) is -0.859. The third-order valence-electron chi connectivity index (χ3n) is 3.93. The van der Waals surface area contributed by atoms with Crippen LogP contribution < -0.4 is 19.9 Å². The Morgan fingerprint density at radius 1 is 1.15 bits per heavy atom. The predicted molar refractivity (Wildman–Crippen MR) is 103 cm³/mol. The zero-order valence-electron chi connectivity index (χ0n) is 15.5. The molecule has 0 amide bonds. The van der Waals surface area contributed by atoms with Gasteiger partial charge in [-0.15, -0.1) is 0 Å². The summed E-state index contributed by atoms with van der Waals surface area (Å²) < 4.78 is 34.4. The minimum absolute atomic E-state index is 0.0231. The molecule has 1 atom stereocenters. The number of ether oxygens (including phenoxy) is 2. The van der Waals surface area contributed by atoms with Crippen LogP contribution in [0.25, 0.3) is 0 Å². The standard InChI is InChI=1S/C19H26N2O5S/c1-3-25-17-6-4-5-7-18(17)26-11-10-21-13-16(22)15-9-8-14(2)19(12-15)27(20,23)24/h4-9,12,16,21-22H,3,10-11,13H2,1-2H3,(H2,20,23,24). The SMILES string of the molecule is CCOc1ccccc1OCCNCC(O)c1ccc(C)c(S(N)(=O)=O)c1. The molecule has 7 nitrogen and oxygen atoms in total. The Morgan fingerprint density at radius 3 is 2.44 bits per heavy atom. The van der Waals surface area contributed by atoms with Crippen LogP contribution in [0.2, 0.25) is 0 Å². The van der Waals surface area contributed by atoms with E-state index >= 15 is 0 Å². The number of aliphatic hydroxyl groups excluding tert-OH is 1. The summed E-state index contributed by atoms with van der Waals surface area (Å²) in [4.78, 5) is 0.0231. The van der Waals surface area contributed by atoms with Gasteiger partial charge in [0.15, 0.2) is 11.5 Å². The minimum atomic E-state index is -3.82. The molecule has 0 saturated carbocycles. The fourth-order valence-corrected chi connectivity index (χ4v) is 3.38. The van der Waals surface area contributed by atoms with Crippen LogP contribution in [0.5, 0.6) is 11.5 Å². The first-order chi connectivity index (χ1) is 12.8. The molecule has 0 heterocycles. The van der Waals surface area contributed by atoms with Gasteiger partial charge in [-0.25, -0.2) is 13.6 Å². The summed E-state index contributed by atoms with van der Waals surface area (Å²) in [6.45, 7) is 5.28. The van der Waals surface area contributed by atoms with Crippen molar-refractivity contribution in [3.8, 4) is 11.5 Å². The van der Waals surface area contributed by atoms with Crippen molar-refractivity contribution in [2.75, 3.05) is 26.3 Å². The van der Waals surface area contributed by atoms with Crippen LogP contribution in [-0.4, -0.2) is 39.8 Å². The molecule has 148 valence electrons. The Balaban J connectivity index is 1.84. The van der Waals surface area contributed by atoms with Crippen LogP contribution in [-0.2, 0) is 10.0 Å².